The van der Waals surface area contributed by atoms with Gasteiger partial charge in [0.15, 0.2) is 0 Å². The molecule has 0 fully saturated rings. The average molecular weight is 741 g/mol. The monoisotopic (exact) mass is 740 g/mol. The van der Waals surface area contributed by atoms with Gasteiger partial charge < -0.3 is 37.1 Å². The molecule has 3 amide bonds. The first-order chi connectivity index (χ1) is 25.4. The van der Waals surface area contributed by atoms with Crippen LogP contribution in [0.1, 0.15) is 77.8 Å². The number of aliphatic hydroxyl groups is 1. The number of carbonyl (C=O) groups excluding carboxylic acids is 3. The first kappa shape index (κ1) is 43.1. The van der Waals surface area contributed by atoms with Gasteiger partial charge in [0.05, 0.1) is 11.6 Å². The molecule has 0 bridgehead atoms. The molecule has 11 heteroatoms. The summed E-state index contributed by atoms with van der Waals surface area (Å²) in [6.45, 7) is 8.37. The fraction of sp³-hybridized carbons (Fsp3) is 0.395. The van der Waals surface area contributed by atoms with E-state index in [2.05, 4.69) is 10.6 Å². The molecule has 11 nitrogen and oxygen atoms in total. The smallest absolute Gasteiger partial charge is 0.407 e. The number of hydrogen-bond donors (Lipinski definition) is 6. The summed E-state index contributed by atoms with van der Waals surface area (Å²) in [5.41, 5.74) is 10.7. The number of fused-ring (bicyclic) bond motifs is 1. The maximum Gasteiger partial charge on any atom is 0.407 e. The van der Waals surface area contributed by atoms with E-state index in [1.807, 2.05) is 104 Å². The normalized spacial score (nSPS) is 14.0. The Labute approximate surface area is 318 Å². The van der Waals surface area contributed by atoms with Crippen LogP contribution in [0.3, 0.4) is 0 Å². The molecule has 0 saturated heterocycles. The molecule has 4 aromatic carbocycles. The number of nitrogens with two attached hydrogens (primary N) is 2. The predicted octanol–water partition coefficient (Wildman–Crippen LogP) is 6.28. The van der Waals surface area contributed by atoms with Gasteiger partial charge in [-0.3, -0.25) is 9.59 Å². The van der Waals surface area contributed by atoms with Crippen LogP contribution in [0, 0.1) is 0 Å². The molecular weight excluding hydrogens is 684 g/mol. The molecular formula is C43H56N4O7. The number of alkyl carbamates (subject to hydrolysis) is 1. The lowest BCUT2D eigenvalue weighted by Crippen LogP contribution is -2.61. The molecule has 8 N–H and O–H groups in total. The van der Waals surface area contributed by atoms with Crippen molar-refractivity contribution < 1.29 is 34.1 Å². The maximum absolute atomic E-state index is 12.8. The average Bonchev–Trinajstić information content (AvgIpc) is 3.11. The molecule has 0 aliphatic rings. The van der Waals surface area contributed by atoms with Gasteiger partial charge >= 0.3 is 12.1 Å². The minimum Gasteiger partial charge on any atom is -0.479 e. The van der Waals surface area contributed by atoms with E-state index in [9.17, 15) is 29.4 Å². The molecule has 0 aliphatic heterocycles. The highest BCUT2D eigenvalue weighted by Gasteiger charge is 2.45. The van der Waals surface area contributed by atoms with Crippen LogP contribution in [-0.4, -0.2) is 63.4 Å². The fourth-order valence-corrected chi connectivity index (χ4v) is 6.14. The number of amides is 3. The quantitative estimate of drug-likeness (QED) is 0.0723. The van der Waals surface area contributed by atoms with E-state index in [1.165, 1.54) is 6.92 Å². The summed E-state index contributed by atoms with van der Waals surface area (Å²) in [6, 6.07) is 30.6. The summed E-state index contributed by atoms with van der Waals surface area (Å²) in [7, 11) is 0. The lowest BCUT2D eigenvalue weighted by molar-refractivity contribution is -0.151. The van der Waals surface area contributed by atoms with E-state index in [1.54, 1.807) is 20.8 Å². The van der Waals surface area contributed by atoms with E-state index >= 15 is 0 Å². The summed E-state index contributed by atoms with van der Waals surface area (Å²) in [6.07, 6.45) is 2.01. The third-order valence-corrected chi connectivity index (χ3v) is 8.72. The van der Waals surface area contributed by atoms with E-state index in [-0.39, 0.29) is 31.7 Å². The second kappa shape index (κ2) is 19.7. The molecule has 3 atom stereocenters. The molecule has 0 heterocycles. The summed E-state index contributed by atoms with van der Waals surface area (Å²) < 4.78 is 5.22. The zero-order valence-corrected chi connectivity index (χ0v) is 32.1. The predicted molar refractivity (Wildman–Crippen MR) is 213 cm³/mol. The topological polar surface area (TPSA) is 194 Å². The van der Waals surface area contributed by atoms with Crippen LogP contribution < -0.4 is 22.1 Å². The number of primary amides is 1. The zero-order chi connectivity index (χ0) is 39.9. The highest BCUT2D eigenvalue weighted by molar-refractivity contribution is 5.88. The van der Waals surface area contributed by atoms with Crippen LogP contribution in [0.5, 0.6) is 0 Å². The number of nitrogens with one attached hydrogen (secondary N) is 2. The maximum atomic E-state index is 12.8. The van der Waals surface area contributed by atoms with Gasteiger partial charge in [-0.25, -0.2) is 9.59 Å². The number of carboxylic acid groups (broad SMARTS) is 1. The largest absolute Gasteiger partial charge is 0.479 e. The number of hydrogen-bond acceptors (Lipinski definition) is 7. The van der Waals surface area contributed by atoms with Crippen molar-refractivity contribution in [1.82, 2.24) is 10.6 Å². The van der Waals surface area contributed by atoms with Gasteiger partial charge in [-0.1, -0.05) is 117 Å². The highest BCUT2D eigenvalue weighted by atomic mass is 16.6. The van der Waals surface area contributed by atoms with Crippen molar-refractivity contribution in [1.29, 1.82) is 0 Å². The highest BCUT2D eigenvalue weighted by Crippen LogP contribution is 2.28. The van der Waals surface area contributed by atoms with Crippen LogP contribution in [0.4, 0.5) is 4.79 Å². The Kier molecular flexibility index (Phi) is 15.7. The fourth-order valence-electron chi connectivity index (χ4n) is 6.14. The first-order valence-electron chi connectivity index (χ1n) is 18.3. The molecule has 0 saturated carbocycles. The van der Waals surface area contributed by atoms with Crippen molar-refractivity contribution >= 4 is 34.6 Å². The van der Waals surface area contributed by atoms with Crippen LogP contribution in [0.15, 0.2) is 97.1 Å². The van der Waals surface area contributed by atoms with Crippen LogP contribution in [0.2, 0.25) is 0 Å². The molecule has 0 spiro atoms. The lowest BCUT2D eigenvalue weighted by atomic mass is 9.80. The van der Waals surface area contributed by atoms with Gasteiger partial charge in [0.25, 0.3) is 0 Å². The van der Waals surface area contributed by atoms with Crippen molar-refractivity contribution in [3.63, 3.8) is 0 Å². The van der Waals surface area contributed by atoms with Gasteiger partial charge in [0, 0.05) is 25.8 Å². The van der Waals surface area contributed by atoms with Gasteiger partial charge in [0.2, 0.25) is 11.8 Å². The Morgan fingerprint density at radius 3 is 2.09 bits per heavy atom. The first-order valence-corrected chi connectivity index (χ1v) is 18.3. The summed E-state index contributed by atoms with van der Waals surface area (Å²) >= 11 is 0. The van der Waals surface area contributed by atoms with Crippen molar-refractivity contribution in [2.45, 2.75) is 102 Å². The van der Waals surface area contributed by atoms with Gasteiger partial charge in [-0.15, -0.1) is 0 Å². The van der Waals surface area contributed by atoms with Gasteiger partial charge in [-0.05, 0) is 73.6 Å². The molecule has 290 valence electrons. The van der Waals surface area contributed by atoms with E-state index in [0.717, 1.165) is 40.3 Å². The number of ether oxygens (including phenoxy) is 1. The summed E-state index contributed by atoms with van der Waals surface area (Å²) in [5.74, 6) is -2.11. The molecule has 4 aromatic rings. The SMILES string of the molecule is CCCCCC(=O)N[C@](Cc1ccc2ccccc2c1)(C[C@](C)(O)CNC(=O)OC(C)(C)C)C(=O)O.NC(=O)C(N)Cc1ccccc1-c1ccccc1. The van der Waals surface area contributed by atoms with Gasteiger partial charge in [-0.2, -0.15) is 0 Å². The van der Waals surface area contributed by atoms with Gasteiger partial charge in [0.1, 0.15) is 11.1 Å². The standard InChI is InChI=1S/C28H40N2O6.C15H16N2O/c1-6-7-8-13-23(31)30-28(24(32)33,17-20-14-15-21-11-9-10-12-22(21)16-20)18-27(5,35)19-29-25(34)36-26(2,3)4;16-14(15(17)18)10-12-8-4-5-9-13(12)11-6-2-1-3-7-11/h9-12,14-16,35H,6-8,13,17-19H2,1-5H3,(H,29,34)(H,30,31)(H,32,33);1-9,14H,10,16H2,(H2,17,18)/t27-,28+;/m0./s1. The van der Waals surface area contributed by atoms with Crippen molar-refractivity contribution in [2.75, 3.05) is 6.54 Å². The number of rotatable bonds is 16. The molecule has 0 aliphatic carbocycles. The lowest BCUT2D eigenvalue weighted by Gasteiger charge is -2.37. The Morgan fingerprint density at radius 1 is 0.833 bits per heavy atom. The number of aliphatic carboxylic acids is 1. The van der Waals surface area contributed by atoms with E-state index in [4.69, 9.17) is 16.2 Å². The van der Waals surface area contributed by atoms with Crippen molar-refractivity contribution in [3.8, 4) is 11.1 Å². The van der Waals surface area contributed by atoms with Crippen LogP contribution in [0.25, 0.3) is 21.9 Å². The molecule has 0 aromatic heterocycles. The minimum absolute atomic E-state index is 0.0325. The van der Waals surface area contributed by atoms with Crippen molar-refractivity contribution in [3.05, 3.63) is 108 Å². The third kappa shape index (κ3) is 13.9. The minimum atomic E-state index is -1.79. The second-order valence-corrected chi connectivity index (χ2v) is 15.0. The Morgan fingerprint density at radius 2 is 1.46 bits per heavy atom. The third-order valence-electron chi connectivity index (χ3n) is 8.72. The number of unbranched alkanes of at least 4 members (excludes halogenated alkanes) is 2. The number of carbonyl (C=O) groups is 4. The molecule has 1 unspecified atom stereocenters. The Balaban J connectivity index is 0.000000362. The molecule has 0 radical (unpaired) electrons. The number of carboxylic acids is 1. The van der Waals surface area contributed by atoms with Crippen molar-refractivity contribution in [2.24, 2.45) is 11.5 Å². The number of benzene rings is 4. The van der Waals surface area contributed by atoms with Crippen LogP contribution >= 0.6 is 0 Å². The molecule has 54 heavy (non-hydrogen) atoms. The summed E-state index contributed by atoms with van der Waals surface area (Å²) in [4.78, 5) is 48.7. The van der Waals surface area contributed by atoms with E-state index in [0.29, 0.717) is 18.4 Å². The zero-order valence-electron chi connectivity index (χ0n) is 32.1. The molecule has 4 rings (SSSR count). The second-order valence-electron chi connectivity index (χ2n) is 15.0. The Bertz CT molecular complexity index is 1860. The van der Waals surface area contributed by atoms with E-state index < -0.39 is 40.8 Å². The van der Waals surface area contributed by atoms with Crippen LogP contribution in [-0.2, 0) is 32.0 Å². The Hall–Kier alpha value is -5.26. The summed E-state index contributed by atoms with van der Waals surface area (Å²) in [5, 5.41) is 28.7.